The molecule has 2 rings (SSSR count). The summed E-state index contributed by atoms with van der Waals surface area (Å²) in [6, 6.07) is 8.37. The summed E-state index contributed by atoms with van der Waals surface area (Å²) in [6.07, 6.45) is 1.49. The monoisotopic (exact) mass is 173 g/mol. The molecular formula is C11H11NO. The number of ether oxygens (including phenoxy) is 1. The highest BCUT2D eigenvalue weighted by Gasteiger charge is 2.08. The molecule has 0 amide bonds. The molecule has 0 N–H and O–H groups in total. The van der Waals surface area contributed by atoms with Crippen LogP contribution >= 0.6 is 0 Å². The van der Waals surface area contributed by atoms with Crippen molar-refractivity contribution in [2.24, 2.45) is 0 Å². The van der Waals surface area contributed by atoms with Crippen molar-refractivity contribution in [1.82, 2.24) is 0 Å². The molecule has 13 heavy (non-hydrogen) atoms. The van der Waals surface area contributed by atoms with E-state index < -0.39 is 0 Å². The van der Waals surface area contributed by atoms with Crippen molar-refractivity contribution in [2.75, 3.05) is 6.61 Å². The van der Waals surface area contributed by atoms with Gasteiger partial charge in [-0.2, -0.15) is 5.26 Å². The third-order valence-electron chi connectivity index (χ3n) is 2.33. The van der Waals surface area contributed by atoms with Crippen molar-refractivity contribution >= 4 is 0 Å². The van der Waals surface area contributed by atoms with Gasteiger partial charge in [-0.25, -0.2) is 0 Å². The van der Waals surface area contributed by atoms with Crippen LogP contribution in [-0.2, 0) is 24.2 Å². The molecule has 1 heterocycles. The lowest BCUT2D eigenvalue weighted by Crippen LogP contribution is -2.09. The van der Waals surface area contributed by atoms with Gasteiger partial charge in [0, 0.05) is 0 Å². The van der Waals surface area contributed by atoms with Crippen molar-refractivity contribution in [1.29, 1.82) is 5.26 Å². The normalized spacial score (nSPS) is 14.7. The SMILES string of the molecule is N#CCc1ccc2c(c1)CCOC2. The minimum Gasteiger partial charge on any atom is -0.376 e. The third kappa shape index (κ3) is 1.71. The number of hydrogen-bond acceptors (Lipinski definition) is 2. The molecule has 2 heteroatoms. The van der Waals surface area contributed by atoms with Gasteiger partial charge in [0.15, 0.2) is 0 Å². The number of rotatable bonds is 1. The summed E-state index contributed by atoms with van der Waals surface area (Å²) in [6.45, 7) is 1.53. The summed E-state index contributed by atoms with van der Waals surface area (Å²) < 4.78 is 5.33. The Hall–Kier alpha value is -1.33. The molecule has 0 unspecified atom stereocenters. The summed E-state index contributed by atoms with van der Waals surface area (Å²) in [5.41, 5.74) is 3.73. The maximum atomic E-state index is 8.55. The van der Waals surface area contributed by atoms with Crippen molar-refractivity contribution in [2.45, 2.75) is 19.4 Å². The highest BCUT2D eigenvalue weighted by atomic mass is 16.5. The molecular weight excluding hydrogens is 162 g/mol. The lowest BCUT2D eigenvalue weighted by atomic mass is 9.99. The molecule has 0 spiro atoms. The molecule has 0 bridgehead atoms. The van der Waals surface area contributed by atoms with Gasteiger partial charge in [-0.15, -0.1) is 0 Å². The molecule has 0 fully saturated rings. The van der Waals surface area contributed by atoms with Gasteiger partial charge in [0.2, 0.25) is 0 Å². The van der Waals surface area contributed by atoms with E-state index in [1.165, 1.54) is 11.1 Å². The van der Waals surface area contributed by atoms with Gasteiger partial charge in [-0.1, -0.05) is 18.2 Å². The van der Waals surface area contributed by atoms with Crippen LogP contribution in [-0.4, -0.2) is 6.61 Å². The van der Waals surface area contributed by atoms with Crippen molar-refractivity contribution in [3.05, 3.63) is 34.9 Å². The summed E-state index contributed by atoms with van der Waals surface area (Å²) in [4.78, 5) is 0. The fraction of sp³-hybridized carbons (Fsp3) is 0.364. The second-order valence-electron chi connectivity index (χ2n) is 3.24. The molecule has 1 aromatic carbocycles. The van der Waals surface area contributed by atoms with Crippen LogP contribution < -0.4 is 0 Å². The van der Waals surface area contributed by atoms with Crippen molar-refractivity contribution in [3.8, 4) is 6.07 Å². The summed E-state index contributed by atoms with van der Waals surface area (Å²) in [7, 11) is 0. The molecule has 66 valence electrons. The van der Waals surface area contributed by atoms with E-state index in [2.05, 4.69) is 18.2 Å². The fourth-order valence-electron chi connectivity index (χ4n) is 1.62. The van der Waals surface area contributed by atoms with E-state index in [0.717, 1.165) is 25.2 Å². The molecule has 2 nitrogen and oxygen atoms in total. The first-order chi connectivity index (χ1) is 6.40. The predicted octanol–water partition coefficient (Wildman–Crippen LogP) is 1.83. The predicted molar refractivity (Wildman–Crippen MR) is 49.1 cm³/mol. The standard InChI is InChI=1S/C11H11NO/c12-5-3-9-1-2-11-8-13-6-4-10(11)7-9/h1-2,7H,3-4,6,8H2. The Morgan fingerprint density at radius 3 is 3.15 bits per heavy atom. The summed E-state index contributed by atoms with van der Waals surface area (Å²) >= 11 is 0. The first-order valence-electron chi connectivity index (χ1n) is 4.45. The quantitative estimate of drug-likeness (QED) is 0.649. The lowest BCUT2D eigenvalue weighted by Gasteiger charge is -2.16. The zero-order valence-electron chi connectivity index (χ0n) is 7.42. The molecule has 0 saturated carbocycles. The van der Waals surface area contributed by atoms with E-state index in [1.54, 1.807) is 0 Å². The van der Waals surface area contributed by atoms with Crippen LogP contribution in [0, 0.1) is 11.3 Å². The number of hydrogen-bond donors (Lipinski definition) is 0. The zero-order valence-corrected chi connectivity index (χ0v) is 7.42. The first-order valence-corrected chi connectivity index (χ1v) is 4.45. The van der Waals surface area contributed by atoms with E-state index in [1.807, 2.05) is 6.07 Å². The third-order valence-corrected chi connectivity index (χ3v) is 2.33. The minimum absolute atomic E-state index is 0.508. The maximum Gasteiger partial charge on any atom is 0.0719 e. The zero-order chi connectivity index (χ0) is 9.10. The Bertz CT molecular complexity index is 352. The van der Waals surface area contributed by atoms with Crippen LogP contribution in [0.1, 0.15) is 16.7 Å². The highest BCUT2D eigenvalue weighted by Crippen LogP contribution is 2.18. The van der Waals surface area contributed by atoms with Crippen LogP contribution in [0.15, 0.2) is 18.2 Å². The van der Waals surface area contributed by atoms with Gasteiger partial charge >= 0.3 is 0 Å². The first kappa shape index (κ1) is 8.28. The largest absolute Gasteiger partial charge is 0.376 e. The van der Waals surface area contributed by atoms with E-state index in [4.69, 9.17) is 10.00 Å². The Morgan fingerprint density at radius 2 is 2.31 bits per heavy atom. The van der Waals surface area contributed by atoms with Gasteiger partial charge in [-0.3, -0.25) is 0 Å². The average Bonchev–Trinajstić information content (AvgIpc) is 2.18. The Balaban J connectivity index is 2.31. The van der Waals surface area contributed by atoms with Crippen LogP contribution in [0.5, 0.6) is 0 Å². The van der Waals surface area contributed by atoms with E-state index in [9.17, 15) is 0 Å². The van der Waals surface area contributed by atoms with Crippen LogP contribution in [0.25, 0.3) is 0 Å². The molecule has 0 aromatic heterocycles. The number of benzene rings is 1. The summed E-state index contributed by atoms with van der Waals surface area (Å²) in [5.74, 6) is 0. The number of nitrogens with zero attached hydrogens (tertiary/aromatic N) is 1. The van der Waals surface area contributed by atoms with Gasteiger partial charge in [-0.05, 0) is 23.1 Å². The maximum absolute atomic E-state index is 8.55. The van der Waals surface area contributed by atoms with Gasteiger partial charge in [0.05, 0.1) is 25.7 Å². The number of nitriles is 1. The minimum atomic E-state index is 0.508. The van der Waals surface area contributed by atoms with Crippen molar-refractivity contribution < 1.29 is 4.74 Å². The molecule has 1 aliphatic heterocycles. The van der Waals surface area contributed by atoms with E-state index >= 15 is 0 Å². The molecule has 1 aromatic rings. The second kappa shape index (κ2) is 3.59. The lowest BCUT2D eigenvalue weighted by molar-refractivity contribution is 0.110. The topological polar surface area (TPSA) is 33.0 Å². The van der Waals surface area contributed by atoms with E-state index in [-0.39, 0.29) is 0 Å². The molecule has 0 aliphatic carbocycles. The molecule has 1 aliphatic rings. The Labute approximate surface area is 77.8 Å². The fourth-order valence-corrected chi connectivity index (χ4v) is 1.62. The average molecular weight is 173 g/mol. The summed E-state index contributed by atoms with van der Waals surface area (Å²) in [5, 5.41) is 8.55. The highest BCUT2D eigenvalue weighted by molar-refractivity contribution is 5.33. The van der Waals surface area contributed by atoms with Crippen LogP contribution in [0.4, 0.5) is 0 Å². The Morgan fingerprint density at radius 1 is 1.38 bits per heavy atom. The number of fused-ring (bicyclic) bond motifs is 1. The molecule has 0 radical (unpaired) electrons. The van der Waals surface area contributed by atoms with E-state index in [0.29, 0.717) is 6.42 Å². The van der Waals surface area contributed by atoms with Gasteiger partial charge in [0.1, 0.15) is 0 Å². The second-order valence-corrected chi connectivity index (χ2v) is 3.24. The van der Waals surface area contributed by atoms with Crippen LogP contribution in [0.2, 0.25) is 0 Å². The molecule has 0 atom stereocenters. The Kier molecular flexibility index (Phi) is 2.29. The van der Waals surface area contributed by atoms with Crippen molar-refractivity contribution in [3.63, 3.8) is 0 Å². The molecule has 0 saturated heterocycles. The smallest absolute Gasteiger partial charge is 0.0719 e. The van der Waals surface area contributed by atoms with Crippen LogP contribution in [0.3, 0.4) is 0 Å². The van der Waals surface area contributed by atoms with Gasteiger partial charge < -0.3 is 4.74 Å². The van der Waals surface area contributed by atoms with Gasteiger partial charge in [0.25, 0.3) is 0 Å².